The number of carbonyl (C=O) groups excluding carboxylic acids is 1. The summed E-state index contributed by atoms with van der Waals surface area (Å²) in [4.78, 5) is 12.0. The molecule has 1 N–H and O–H groups in total. The highest BCUT2D eigenvalue weighted by molar-refractivity contribution is 6.02. The Morgan fingerprint density at radius 1 is 1.13 bits per heavy atom. The van der Waals surface area contributed by atoms with Crippen molar-refractivity contribution in [3.63, 3.8) is 0 Å². The number of hydrogen-bond acceptors (Lipinski definition) is 3. The molecular formula is C19H13F6N3O2. The van der Waals surface area contributed by atoms with E-state index in [0.717, 1.165) is 17.0 Å². The van der Waals surface area contributed by atoms with Crippen molar-refractivity contribution >= 4 is 17.7 Å². The smallest absolute Gasteiger partial charge is 0.418 e. The van der Waals surface area contributed by atoms with E-state index in [0.29, 0.717) is 17.9 Å². The van der Waals surface area contributed by atoms with Crippen molar-refractivity contribution in [2.75, 3.05) is 5.32 Å². The van der Waals surface area contributed by atoms with Crippen molar-refractivity contribution in [3.8, 4) is 5.69 Å². The maximum absolute atomic E-state index is 13.4. The van der Waals surface area contributed by atoms with E-state index in [-0.39, 0.29) is 17.4 Å². The van der Waals surface area contributed by atoms with Gasteiger partial charge in [-0.05, 0) is 43.3 Å². The van der Waals surface area contributed by atoms with Crippen LogP contribution in [0.25, 0.3) is 11.8 Å². The van der Waals surface area contributed by atoms with Crippen molar-refractivity contribution in [1.82, 2.24) is 9.78 Å². The summed E-state index contributed by atoms with van der Waals surface area (Å²) in [5.41, 5.74) is -3.34. The number of amides is 1. The molecule has 3 aromatic rings. The molecular weight excluding hydrogens is 416 g/mol. The number of halogens is 6. The van der Waals surface area contributed by atoms with Gasteiger partial charge in [-0.15, -0.1) is 0 Å². The van der Waals surface area contributed by atoms with Crippen LogP contribution in [0.3, 0.4) is 0 Å². The lowest BCUT2D eigenvalue weighted by atomic mass is 10.1. The molecule has 0 spiro atoms. The predicted octanol–water partition coefficient (Wildman–Crippen LogP) is 5.46. The maximum atomic E-state index is 13.4. The van der Waals surface area contributed by atoms with Crippen molar-refractivity contribution in [3.05, 3.63) is 71.4 Å². The molecule has 0 aliphatic rings. The van der Waals surface area contributed by atoms with Crippen LogP contribution in [0.2, 0.25) is 0 Å². The SMILES string of the molecule is Cc1c(NC(=O)/C=C/c2ccco2)cnn1-c1ccc(C(F)(F)F)cc1C(F)(F)F. The zero-order valence-electron chi connectivity index (χ0n) is 15.2. The summed E-state index contributed by atoms with van der Waals surface area (Å²) in [6, 6.07) is 4.48. The molecule has 2 heterocycles. The molecule has 0 saturated heterocycles. The van der Waals surface area contributed by atoms with E-state index >= 15 is 0 Å². The van der Waals surface area contributed by atoms with Crippen LogP contribution in [-0.2, 0) is 17.1 Å². The fraction of sp³-hybridized carbons (Fsp3) is 0.158. The molecule has 0 aliphatic heterocycles. The quantitative estimate of drug-likeness (QED) is 0.442. The lowest BCUT2D eigenvalue weighted by Crippen LogP contribution is -2.15. The molecule has 0 bridgehead atoms. The van der Waals surface area contributed by atoms with Gasteiger partial charge in [-0.3, -0.25) is 4.79 Å². The van der Waals surface area contributed by atoms with E-state index in [4.69, 9.17) is 4.42 Å². The number of benzene rings is 1. The van der Waals surface area contributed by atoms with Gasteiger partial charge < -0.3 is 9.73 Å². The highest BCUT2D eigenvalue weighted by Gasteiger charge is 2.39. The summed E-state index contributed by atoms with van der Waals surface area (Å²) < 4.78 is 84.5. The van der Waals surface area contributed by atoms with Crippen LogP contribution in [0.4, 0.5) is 32.0 Å². The average Bonchev–Trinajstić information content (AvgIpc) is 3.29. The summed E-state index contributed by atoms with van der Waals surface area (Å²) in [5, 5.41) is 6.24. The molecule has 1 amide bonds. The highest BCUT2D eigenvalue weighted by Crippen LogP contribution is 2.39. The number of rotatable bonds is 4. The minimum absolute atomic E-state index is 0.0286. The van der Waals surface area contributed by atoms with E-state index in [9.17, 15) is 31.1 Å². The molecule has 1 aromatic carbocycles. The lowest BCUT2D eigenvalue weighted by Gasteiger charge is -2.17. The van der Waals surface area contributed by atoms with Gasteiger partial charge in [0.25, 0.3) is 0 Å². The van der Waals surface area contributed by atoms with Gasteiger partial charge in [0.15, 0.2) is 0 Å². The third-order valence-corrected chi connectivity index (χ3v) is 4.07. The molecule has 158 valence electrons. The average molecular weight is 429 g/mol. The number of alkyl halides is 6. The summed E-state index contributed by atoms with van der Waals surface area (Å²) in [6.45, 7) is 1.37. The van der Waals surface area contributed by atoms with Crippen molar-refractivity contribution < 1.29 is 35.6 Å². The zero-order valence-corrected chi connectivity index (χ0v) is 15.2. The summed E-state index contributed by atoms with van der Waals surface area (Å²) >= 11 is 0. The van der Waals surface area contributed by atoms with E-state index in [2.05, 4.69) is 10.4 Å². The minimum atomic E-state index is -5.05. The summed E-state index contributed by atoms with van der Waals surface area (Å²) in [5.74, 6) is -0.186. The predicted molar refractivity (Wildman–Crippen MR) is 94.7 cm³/mol. The molecule has 0 saturated carbocycles. The fourth-order valence-electron chi connectivity index (χ4n) is 2.62. The second kappa shape index (κ2) is 7.73. The van der Waals surface area contributed by atoms with Crippen LogP contribution in [0.1, 0.15) is 22.6 Å². The molecule has 30 heavy (non-hydrogen) atoms. The number of carbonyl (C=O) groups is 1. The standard InChI is InChI=1S/C19H13F6N3O2/c1-11-15(27-17(29)7-5-13-3-2-8-30-13)10-26-28(11)16-6-4-12(18(20,21)22)9-14(16)19(23,24)25/h2-10H,1H3,(H,27,29)/b7-5+. The third kappa shape index (κ3) is 4.56. The zero-order chi connectivity index (χ0) is 22.1. The van der Waals surface area contributed by atoms with E-state index in [1.807, 2.05) is 0 Å². The van der Waals surface area contributed by atoms with Gasteiger partial charge >= 0.3 is 12.4 Å². The first kappa shape index (κ1) is 21.2. The van der Waals surface area contributed by atoms with Crippen molar-refractivity contribution in [2.24, 2.45) is 0 Å². The first-order valence-electron chi connectivity index (χ1n) is 8.33. The first-order chi connectivity index (χ1) is 14.0. The third-order valence-electron chi connectivity index (χ3n) is 4.07. The highest BCUT2D eigenvalue weighted by atomic mass is 19.4. The number of furan rings is 1. The Labute approximate surface area is 165 Å². The Bertz CT molecular complexity index is 1080. The number of nitrogens with one attached hydrogen (secondary N) is 1. The van der Waals surface area contributed by atoms with Crippen LogP contribution in [0, 0.1) is 6.92 Å². The number of aromatic nitrogens is 2. The molecule has 0 atom stereocenters. The van der Waals surface area contributed by atoms with Gasteiger partial charge in [-0.25, -0.2) is 4.68 Å². The Balaban J connectivity index is 1.92. The normalized spacial score (nSPS) is 12.5. The van der Waals surface area contributed by atoms with Crippen molar-refractivity contribution in [1.29, 1.82) is 0 Å². The second-order valence-corrected chi connectivity index (χ2v) is 6.12. The number of anilines is 1. The Morgan fingerprint density at radius 3 is 2.47 bits per heavy atom. The van der Waals surface area contributed by atoms with Gasteiger partial charge in [0.05, 0.1) is 40.7 Å². The molecule has 3 rings (SSSR count). The fourth-order valence-corrected chi connectivity index (χ4v) is 2.62. The van der Waals surface area contributed by atoms with Gasteiger partial charge in [0.2, 0.25) is 5.91 Å². The topological polar surface area (TPSA) is 60.1 Å². The molecule has 0 radical (unpaired) electrons. The van der Waals surface area contributed by atoms with Crippen LogP contribution < -0.4 is 5.32 Å². The van der Waals surface area contributed by atoms with E-state index in [1.165, 1.54) is 19.3 Å². The summed E-state index contributed by atoms with van der Waals surface area (Å²) in [7, 11) is 0. The minimum Gasteiger partial charge on any atom is -0.465 e. The molecule has 2 aromatic heterocycles. The Kier molecular flexibility index (Phi) is 5.47. The largest absolute Gasteiger partial charge is 0.465 e. The van der Waals surface area contributed by atoms with Crippen LogP contribution in [-0.4, -0.2) is 15.7 Å². The van der Waals surface area contributed by atoms with Crippen molar-refractivity contribution in [2.45, 2.75) is 19.3 Å². The first-order valence-corrected chi connectivity index (χ1v) is 8.33. The van der Waals surface area contributed by atoms with Crippen LogP contribution in [0.15, 0.2) is 53.3 Å². The molecule has 0 aliphatic carbocycles. The monoisotopic (exact) mass is 429 g/mol. The van der Waals surface area contributed by atoms with Crippen LogP contribution >= 0.6 is 0 Å². The van der Waals surface area contributed by atoms with E-state index < -0.39 is 35.1 Å². The molecule has 11 heteroatoms. The number of hydrogen-bond donors (Lipinski definition) is 1. The lowest BCUT2D eigenvalue weighted by molar-refractivity contribution is -0.143. The van der Waals surface area contributed by atoms with Gasteiger partial charge in [-0.2, -0.15) is 31.4 Å². The second-order valence-electron chi connectivity index (χ2n) is 6.12. The number of nitrogens with zero attached hydrogens (tertiary/aromatic N) is 2. The summed E-state index contributed by atoms with van der Waals surface area (Å²) in [6.07, 6.45) is -4.94. The maximum Gasteiger partial charge on any atom is 0.418 e. The Hall–Kier alpha value is -3.50. The Morgan fingerprint density at radius 2 is 1.87 bits per heavy atom. The van der Waals surface area contributed by atoms with Gasteiger partial charge in [0, 0.05) is 6.08 Å². The molecule has 5 nitrogen and oxygen atoms in total. The molecule has 0 unspecified atom stereocenters. The van der Waals surface area contributed by atoms with Gasteiger partial charge in [-0.1, -0.05) is 0 Å². The molecule has 0 fully saturated rings. The van der Waals surface area contributed by atoms with Gasteiger partial charge in [0.1, 0.15) is 5.76 Å². The van der Waals surface area contributed by atoms with Crippen LogP contribution in [0.5, 0.6) is 0 Å². The van der Waals surface area contributed by atoms with E-state index in [1.54, 1.807) is 12.1 Å².